The molecule has 1 aliphatic rings. The van der Waals surface area contributed by atoms with Gasteiger partial charge in [0.2, 0.25) is 0 Å². The third kappa shape index (κ3) is 1.90. The summed E-state index contributed by atoms with van der Waals surface area (Å²) >= 11 is 0. The van der Waals surface area contributed by atoms with Gasteiger partial charge in [-0.3, -0.25) is 0 Å². The molecule has 1 fully saturated rings. The van der Waals surface area contributed by atoms with Crippen molar-refractivity contribution in [1.29, 1.82) is 0 Å². The van der Waals surface area contributed by atoms with Crippen molar-refractivity contribution in [2.75, 3.05) is 6.61 Å². The van der Waals surface area contributed by atoms with Crippen molar-refractivity contribution in [3.05, 3.63) is 0 Å². The molecule has 0 spiro atoms. The highest BCUT2D eigenvalue weighted by Gasteiger charge is 2.47. The van der Waals surface area contributed by atoms with Gasteiger partial charge in [-0.2, -0.15) is 0 Å². The van der Waals surface area contributed by atoms with Crippen molar-refractivity contribution in [2.24, 2.45) is 17.3 Å². The molecule has 13 heavy (non-hydrogen) atoms. The van der Waals surface area contributed by atoms with E-state index in [2.05, 4.69) is 41.5 Å². The quantitative estimate of drug-likeness (QED) is 0.606. The highest BCUT2D eigenvalue weighted by Crippen LogP contribution is 2.47. The van der Waals surface area contributed by atoms with E-state index in [-0.39, 0.29) is 5.60 Å². The smallest absolute Gasteiger partial charge is 0.0711 e. The average molecular weight is 184 g/mol. The van der Waals surface area contributed by atoms with Crippen molar-refractivity contribution in [2.45, 2.75) is 53.6 Å². The van der Waals surface area contributed by atoms with Gasteiger partial charge in [-0.15, -0.1) is 0 Å². The summed E-state index contributed by atoms with van der Waals surface area (Å²) in [5.74, 6) is 1.30. The lowest BCUT2D eigenvalue weighted by molar-refractivity contribution is -0.0678. The molecular weight excluding hydrogens is 160 g/mol. The van der Waals surface area contributed by atoms with Crippen LogP contribution in [0.1, 0.15) is 48.0 Å². The third-order valence-electron chi connectivity index (χ3n) is 3.70. The van der Waals surface area contributed by atoms with E-state index in [1.807, 2.05) is 0 Å². The maximum atomic E-state index is 5.94. The Morgan fingerprint density at radius 3 is 2.15 bits per heavy atom. The van der Waals surface area contributed by atoms with Crippen LogP contribution in [0.5, 0.6) is 0 Å². The summed E-state index contributed by atoms with van der Waals surface area (Å²) in [6.07, 6.45) is 1.22. The standard InChI is InChI=1S/C12H24O/c1-9(2)12(6)10(7-8-13-12)11(3,4)5/h9-10H,7-8H2,1-6H3. The molecule has 0 radical (unpaired) electrons. The van der Waals surface area contributed by atoms with Gasteiger partial charge in [-0.25, -0.2) is 0 Å². The molecule has 2 unspecified atom stereocenters. The van der Waals surface area contributed by atoms with E-state index in [0.717, 1.165) is 6.61 Å². The minimum absolute atomic E-state index is 0.0955. The van der Waals surface area contributed by atoms with E-state index in [0.29, 0.717) is 17.3 Å². The summed E-state index contributed by atoms with van der Waals surface area (Å²) in [7, 11) is 0. The molecule has 2 atom stereocenters. The van der Waals surface area contributed by atoms with Gasteiger partial charge >= 0.3 is 0 Å². The molecule has 0 amide bonds. The monoisotopic (exact) mass is 184 g/mol. The van der Waals surface area contributed by atoms with E-state index in [4.69, 9.17) is 4.74 Å². The second kappa shape index (κ2) is 3.27. The summed E-state index contributed by atoms with van der Waals surface area (Å²) in [6, 6.07) is 0. The summed E-state index contributed by atoms with van der Waals surface area (Å²) in [6.45, 7) is 14.7. The van der Waals surface area contributed by atoms with Crippen molar-refractivity contribution in [3.63, 3.8) is 0 Å². The molecule has 0 N–H and O–H groups in total. The van der Waals surface area contributed by atoms with Crippen LogP contribution in [-0.2, 0) is 4.74 Å². The molecule has 1 aliphatic heterocycles. The fourth-order valence-electron chi connectivity index (χ4n) is 2.65. The zero-order valence-corrected chi connectivity index (χ0v) is 9.98. The number of rotatable bonds is 1. The zero-order chi connectivity index (χ0) is 10.3. The predicted octanol–water partition coefficient (Wildman–Crippen LogP) is 3.48. The van der Waals surface area contributed by atoms with Crippen LogP contribution in [0, 0.1) is 17.3 Å². The van der Waals surface area contributed by atoms with Crippen LogP contribution in [0.2, 0.25) is 0 Å². The molecular formula is C12H24O. The summed E-state index contributed by atoms with van der Waals surface area (Å²) in [5.41, 5.74) is 0.466. The molecule has 1 saturated heterocycles. The lowest BCUT2D eigenvalue weighted by Gasteiger charge is -2.41. The van der Waals surface area contributed by atoms with Crippen molar-refractivity contribution in [3.8, 4) is 0 Å². The maximum absolute atomic E-state index is 5.94. The first kappa shape index (κ1) is 11.0. The predicted molar refractivity (Wildman–Crippen MR) is 56.8 cm³/mol. The fraction of sp³-hybridized carbons (Fsp3) is 1.00. The molecule has 1 heteroatoms. The minimum Gasteiger partial charge on any atom is -0.375 e. The Bertz CT molecular complexity index is 178. The molecule has 1 rings (SSSR count). The Morgan fingerprint density at radius 1 is 1.31 bits per heavy atom. The Morgan fingerprint density at radius 2 is 1.85 bits per heavy atom. The van der Waals surface area contributed by atoms with Gasteiger partial charge < -0.3 is 4.74 Å². The Hall–Kier alpha value is -0.0400. The lowest BCUT2D eigenvalue weighted by atomic mass is 9.67. The van der Waals surface area contributed by atoms with Crippen LogP contribution in [-0.4, -0.2) is 12.2 Å². The van der Waals surface area contributed by atoms with Gasteiger partial charge in [0.15, 0.2) is 0 Å². The summed E-state index contributed by atoms with van der Waals surface area (Å²) in [4.78, 5) is 0. The Kier molecular flexibility index (Phi) is 2.78. The van der Waals surface area contributed by atoms with Crippen LogP contribution in [0.3, 0.4) is 0 Å². The first-order valence-corrected chi connectivity index (χ1v) is 5.42. The number of hydrogen-bond donors (Lipinski definition) is 0. The van der Waals surface area contributed by atoms with E-state index < -0.39 is 0 Å². The van der Waals surface area contributed by atoms with Crippen LogP contribution in [0.4, 0.5) is 0 Å². The molecule has 0 aromatic heterocycles. The largest absolute Gasteiger partial charge is 0.375 e. The van der Waals surface area contributed by atoms with Crippen molar-refractivity contribution < 1.29 is 4.74 Å². The number of hydrogen-bond acceptors (Lipinski definition) is 1. The molecule has 0 aliphatic carbocycles. The molecule has 0 saturated carbocycles. The van der Waals surface area contributed by atoms with Crippen LogP contribution in [0.25, 0.3) is 0 Å². The molecule has 78 valence electrons. The second-order valence-corrected chi connectivity index (χ2v) is 5.89. The molecule has 0 aromatic carbocycles. The molecule has 1 heterocycles. The second-order valence-electron chi connectivity index (χ2n) is 5.89. The molecule has 0 bridgehead atoms. The Balaban J connectivity index is 2.86. The minimum atomic E-state index is 0.0955. The van der Waals surface area contributed by atoms with Crippen LogP contribution >= 0.6 is 0 Å². The number of ether oxygens (including phenoxy) is 1. The Labute approximate surface area is 82.9 Å². The zero-order valence-electron chi connectivity index (χ0n) is 9.98. The lowest BCUT2D eigenvalue weighted by Crippen LogP contribution is -2.43. The first-order valence-electron chi connectivity index (χ1n) is 5.42. The van der Waals surface area contributed by atoms with Gasteiger partial charge in [0.05, 0.1) is 5.60 Å². The van der Waals surface area contributed by atoms with Gasteiger partial charge in [0.1, 0.15) is 0 Å². The molecule has 1 nitrogen and oxygen atoms in total. The highest BCUT2D eigenvalue weighted by atomic mass is 16.5. The third-order valence-corrected chi connectivity index (χ3v) is 3.70. The summed E-state index contributed by atoms with van der Waals surface area (Å²) < 4.78 is 5.94. The van der Waals surface area contributed by atoms with Gasteiger partial charge in [-0.1, -0.05) is 34.6 Å². The topological polar surface area (TPSA) is 9.23 Å². The van der Waals surface area contributed by atoms with Crippen molar-refractivity contribution in [1.82, 2.24) is 0 Å². The average Bonchev–Trinajstić information content (AvgIpc) is 2.31. The first-order chi connectivity index (χ1) is 5.78. The van der Waals surface area contributed by atoms with Crippen LogP contribution in [0.15, 0.2) is 0 Å². The summed E-state index contributed by atoms with van der Waals surface area (Å²) in [5, 5.41) is 0. The van der Waals surface area contributed by atoms with Gasteiger partial charge in [0, 0.05) is 6.61 Å². The van der Waals surface area contributed by atoms with Crippen LogP contribution < -0.4 is 0 Å². The van der Waals surface area contributed by atoms with E-state index >= 15 is 0 Å². The molecule has 0 aromatic rings. The van der Waals surface area contributed by atoms with E-state index in [1.54, 1.807) is 0 Å². The fourth-order valence-corrected chi connectivity index (χ4v) is 2.65. The highest BCUT2D eigenvalue weighted by molar-refractivity contribution is 4.96. The van der Waals surface area contributed by atoms with E-state index in [9.17, 15) is 0 Å². The van der Waals surface area contributed by atoms with Crippen molar-refractivity contribution >= 4 is 0 Å². The normalized spacial score (nSPS) is 35.8. The van der Waals surface area contributed by atoms with E-state index in [1.165, 1.54) is 6.42 Å². The SMILES string of the molecule is CC(C)C1(C)OCCC1C(C)(C)C. The van der Waals surface area contributed by atoms with Gasteiger partial charge in [0.25, 0.3) is 0 Å². The maximum Gasteiger partial charge on any atom is 0.0711 e. The van der Waals surface area contributed by atoms with Gasteiger partial charge in [-0.05, 0) is 30.6 Å².